The van der Waals surface area contributed by atoms with Crippen molar-refractivity contribution < 1.29 is 68.1 Å². The highest BCUT2D eigenvalue weighted by molar-refractivity contribution is 6.37. The van der Waals surface area contributed by atoms with Crippen molar-refractivity contribution in [3.8, 4) is 0 Å². The first kappa shape index (κ1) is 52.4. The van der Waals surface area contributed by atoms with E-state index < -0.39 is 145 Å². The van der Waals surface area contributed by atoms with Crippen LogP contribution >= 0.6 is 0 Å². The molecule has 58 heavy (non-hydrogen) atoms. The van der Waals surface area contributed by atoms with Crippen LogP contribution in [0, 0.1) is 17.3 Å². The summed E-state index contributed by atoms with van der Waals surface area (Å²) in [7, 11) is 0. The van der Waals surface area contributed by atoms with Crippen LogP contribution in [0.4, 0.5) is 0 Å². The van der Waals surface area contributed by atoms with E-state index in [-0.39, 0.29) is 18.8 Å². The minimum Gasteiger partial charge on any atom is -0.481 e. The fourth-order valence-corrected chi connectivity index (χ4v) is 5.46. The third kappa shape index (κ3) is 20.0. The molecule has 0 aliphatic rings. The molecule has 0 rings (SSSR count). The zero-order valence-corrected chi connectivity index (χ0v) is 34.4. The SMILES string of the molecule is CCCC[C@H](NC(=O)[C@H](CC(C)C)NC(=O)[C@@H](NC(=O)[C@@H](NC(=O)[C@H](CCC(=O)O)NC(=O)[C@H](CC(=O)O)NC(=O)CCC(=O)O)C(C)C)C(C)(C)C)C(=O)C(N)=O. The van der Waals surface area contributed by atoms with Crippen molar-refractivity contribution >= 4 is 65.0 Å². The summed E-state index contributed by atoms with van der Waals surface area (Å²) in [4.78, 5) is 138. The first-order valence-corrected chi connectivity index (χ1v) is 19.0. The number of Topliss-reactive ketones (excluding diaryl/α,β-unsaturated/α-hetero) is 1. The van der Waals surface area contributed by atoms with Gasteiger partial charge < -0.3 is 53.0 Å². The van der Waals surface area contributed by atoms with Crippen molar-refractivity contribution in [3.05, 3.63) is 0 Å². The van der Waals surface area contributed by atoms with Gasteiger partial charge in [-0.25, -0.2) is 0 Å². The van der Waals surface area contributed by atoms with Crippen molar-refractivity contribution in [1.29, 1.82) is 0 Å². The lowest BCUT2D eigenvalue weighted by molar-refractivity contribution is -0.142. The van der Waals surface area contributed by atoms with Gasteiger partial charge >= 0.3 is 17.9 Å². The average Bonchev–Trinajstić information content (AvgIpc) is 3.09. The van der Waals surface area contributed by atoms with Gasteiger partial charge in [0.25, 0.3) is 5.91 Å². The van der Waals surface area contributed by atoms with E-state index in [1.54, 1.807) is 48.5 Å². The Balaban J connectivity index is 6.40. The highest BCUT2D eigenvalue weighted by Gasteiger charge is 2.39. The molecule has 0 radical (unpaired) electrons. The topological polar surface area (TPSA) is 347 Å². The molecule has 0 unspecified atom stereocenters. The lowest BCUT2D eigenvalue weighted by atomic mass is 9.85. The molecule has 0 bridgehead atoms. The van der Waals surface area contributed by atoms with Crippen molar-refractivity contribution in [2.75, 3.05) is 0 Å². The predicted octanol–water partition coefficient (Wildman–Crippen LogP) is -0.908. The number of unbranched alkanes of at least 4 members (excludes halogenated alkanes) is 1. The van der Waals surface area contributed by atoms with E-state index in [1.165, 1.54) is 0 Å². The van der Waals surface area contributed by atoms with Crippen LogP contribution in [0.25, 0.3) is 0 Å². The number of carbonyl (C=O) groups is 11. The second-order valence-electron chi connectivity index (χ2n) is 15.8. The van der Waals surface area contributed by atoms with Crippen LogP contribution in [0.15, 0.2) is 0 Å². The Hall–Kier alpha value is -5.63. The van der Waals surface area contributed by atoms with E-state index >= 15 is 0 Å². The molecule has 0 aromatic rings. The number of primary amides is 1. The van der Waals surface area contributed by atoms with Crippen molar-refractivity contribution in [2.24, 2.45) is 23.0 Å². The summed E-state index contributed by atoms with van der Waals surface area (Å²) in [5.74, 6) is -13.0. The molecule has 0 aliphatic carbocycles. The molecule has 328 valence electrons. The van der Waals surface area contributed by atoms with Crippen LogP contribution < -0.4 is 37.6 Å². The summed E-state index contributed by atoms with van der Waals surface area (Å²) in [5, 5.41) is 41.9. The molecular formula is C37H61N7O14. The number of carboxylic acid groups (broad SMARTS) is 3. The lowest BCUT2D eigenvalue weighted by Gasteiger charge is -2.34. The summed E-state index contributed by atoms with van der Waals surface area (Å²) in [6, 6.07) is -8.65. The molecule has 11 N–H and O–H groups in total. The maximum atomic E-state index is 13.9. The summed E-state index contributed by atoms with van der Waals surface area (Å²) >= 11 is 0. The van der Waals surface area contributed by atoms with E-state index in [1.807, 2.05) is 6.92 Å². The van der Waals surface area contributed by atoms with E-state index in [0.29, 0.717) is 12.8 Å². The molecule has 0 saturated carbocycles. The summed E-state index contributed by atoms with van der Waals surface area (Å²) in [5.41, 5.74) is 4.18. The Morgan fingerprint density at radius 1 is 0.569 bits per heavy atom. The number of carbonyl (C=O) groups excluding carboxylic acids is 8. The first-order valence-electron chi connectivity index (χ1n) is 19.0. The molecule has 6 atom stereocenters. The largest absolute Gasteiger partial charge is 0.481 e. The first-order chi connectivity index (χ1) is 26.7. The molecule has 0 saturated heterocycles. The normalized spacial score (nSPS) is 14.4. The van der Waals surface area contributed by atoms with Crippen LogP contribution in [-0.2, 0) is 52.7 Å². The highest BCUT2D eigenvalue weighted by atomic mass is 16.4. The lowest BCUT2D eigenvalue weighted by Crippen LogP contribution is -2.62. The van der Waals surface area contributed by atoms with E-state index in [2.05, 4.69) is 31.9 Å². The molecule has 0 aliphatic heterocycles. The van der Waals surface area contributed by atoms with Crippen LogP contribution in [0.1, 0.15) is 113 Å². The minimum absolute atomic E-state index is 0.0983. The molecule has 21 heteroatoms. The fourth-order valence-electron chi connectivity index (χ4n) is 5.46. The van der Waals surface area contributed by atoms with E-state index in [0.717, 1.165) is 0 Å². The minimum atomic E-state index is -1.79. The van der Waals surface area contributed by atoms with E-state index in [9.17, 15) is 63.0 Å². The molecule has 0 fully saturated rings. The van der Waals surface area contributed by atoms with Crippen LogP contribution in [0.2, 0.25) is 0 Å². The Kier molecular flexibility index (Phi) is 22.5. The van der Waals surface area contributed by atoms with Gasteiger partial charge in [-0.1, -0.05) is 68.2 Å². The number of rotatable bonds is 27. The highest BCUT2D eigenvalue weighted by Crippen LogP contribution is 2.21. The van der Waals surface area contributed by atoms with Crippen molar-refractivity contribution in [1.82, 2.24) is 31.9 Å². The quantitative estimate of drug-likeness (QED) is 0.0449. The Labute approximate surface area is 337 Å². The second kappa shape index (κ2) is 24.9. The van der Waals surface area contributed by atoms with Gasteiger partial charge in [0.15, 0.2) is 0 Å². The maximum Gasteiger partial charge on any atom is 0.305 e. The molecule has 7 amide bonds. The summed E-state index contributed by atoms with van der Waals surface area (Å²) < 4.78 is 0. The molecular weight excluding hydrogens is 766 g/mol. The fraction of sp³-hybridized carbons (Fsp3) is 0.703. The van der Waals surface area contributed by atoms with Gasteiger partial charge in [0, 0.05) is 12.8 Å². The molecule has 0 heterocycles. The number of carboxylic acids is 3. The van der Waals surface area contributed by atoms with Gasteiger partial charge in [0.05, 0.1) is 18.9 Å². The smallest absolute Gasteiger partial charge is 0.305 e. The number of ketones is 1. The number of nitrogens with one attached hydrogen (secondary N) is 6. The number of aliphatic carboxylic acids is 3. The van der Waals surface area contributed by atoms with Gasteiger partial charge in [0.2, 0.25) is 41.2 Å². The summed E-state index contributed by atoms with van der Waals surface area (Å²) in [6.07, 6.45) is -2.03. The predicted molar refractivity (Wildman–Crippen MR) is 205 cm³/mol. The van der Waals surface area contributed by atoms with Crippen molar-refractivity contribution in [3.63, 3.8) is 0 Å². The molecule has 0 aromatic heterocycles. The molecule has 0 aromatic carbocycles. The van der Waals surface area contributed by atoms with Crippen LogP contribution in [0.5, 0.6) is 0 Å². The zero-order chi connectivity index (χ0) is 45.1. The number of amides is 7. The number of hydrogen-bond donors (Lipinski definition) is 10. The number of hydrogen-bond acceptors (Lipinski definition) is 11. The second-order valence-corrected chi connectivity index (χ2v) is 15.8. The standard InChI is InChI=1S/C37H61N7O14/c1-9-10-11-20(29(52)31(38)53)40-33(55)22(16-18(2)3)42-36(58)30(37(6,7)8)44-35(57)28(19(4)5)43-32(54)21(12-14-25(46)47)41-34(56)23(17-27(50)51)39-24(45)13-15-26(48)49/h18-23,28,30H,9-17H2,1-8H3,(H2,38,53)(H,39,45)(H,40,55)(H,41,56)(H,42,58)(H,43,54)(H,44,57)(H,46,47)(H,48,49)(H,50,51)/t20-,21-,22-,23-,28-,30+/m0/s1. The third-order valence-corrected chi connectivity index (χ3v) is 8.60. The molecule has 21 nitrogen and oxygen atoms in total. The van der Waals surface area contributed by atoms with Gasteiger partial charge in [-0.3, -0.25) is 52.7 Å². The Morgan fingerprint density at radius 3 is 1.55 bits per heavy atom. The Bertz CT molecular complexity index is 1520. The maximum absolute atomic E-state index is 13.9. The van der Waals surface area contributed by atoms with Gasteiger partial charge in [0.1, 0.15) is 30.2 Å². The van der Waals surface area contributed by atoms with Crippen LogP contribution in [0.3, 0.4) is 0 Å². The van der Waals surface area contributed by atoms with Gasteiger partial charge in [-0.15, -0.1) is 0 Å². The van der Waals surface area contributed by atoms with Crippen molar-refractivity contribution in [2.45, 2.75) is 149 Å². The van der Waals surface area contributed by atoms with Gasteiger partial charge in [-0.2, -0.15) is 0 Å². The number of nitrogens with two attached hydrogens (primary N) is 1. The monoisotopic (exact) mass is 827 g/mol. The van der Waals surface area contributed by atoms with E-state index in [4.69, 9.17) is 10.8 Å². The average molecular weight is 828 g/mol. The molecule has 0 spiro atoms. The third-order valence-electron chi connectivity index (χ3n) is 8.60. The Morgan fingerprint density at radius 2 is 1.09 bits per heavy atom. The zero-order valence-electron chi connectivity index (χ0n) is 34.4. The van der Waals surface area contributed by atoms with Gasteiger partial charge in [-0.05, 0) is 36.5 Å². The summed E-state index contributed by atoms with van der Waals surface area (Å²) in [6.45, 7) is 13.4. The van der Waals surface area contributed by atoms with Crippen LogP contribution in [-0.4, -0.2) is 117 Å².